The lowest BCUT2D eigenvalue weighted by molar-refractivity contribution is 0.122. The fourth-order valence-electron chi connectivity index (χ4n) is 2.08. The first-order valence-electron chi connectivity index (χ1n) is 5.84. The van der Waals surface area contributed by atoms with E-state index in [1.807, 2.05) is 19.3 Å². The second kappa shape index (κ2) is 5.84. The van der Waals surface area contributed by atoms with E-state index in [0.717, 1.165) is 37.7 Å². The van der Waals surface area contributed by atoms with Gasteiger partial charge in [0.25, 0.3) is 0 Å². The van der Waals surface area contributed by atoms with Crippen LogP contribution in [-0.4, -0.2) is 45.4 Å². The van der Waals surface area contributed by atoms with Gasteiger partial charge < -0.3 is 19.7 Å². The minimum absolute atomic E-state index is 0.566. The highest BCUT2D eigenvalue weighted by atomic mass is 16.5. The van der Waals surface area contributed by atoms with Crippen LogP contribution < -0.4 is 10.2 Å². The zero-order chi connectivity index (χ0) is 12.1. The SMILES string of the molecule is CNc1nccc(N2CCOCC2)c1COC. The van der Waals surface area contributed by atoms with E-state index in [-0.39, 0.29) is 0 Å². The first kappa shape index (κ1) is 12.1. The number of ether oxygens (including phenoxy) is 2. The zero-order valence-electron chi connectivity index (χ0n) is 10.4. The van der Waals surface area contributed by atoms with Crippen LogP contribution in [0.5, 0.6) is 0 Å². The summed E-state index contributed by atoms with van der Waals surface area (Å²) in [5.41, 5.74) is 2.30. The summed E-state index contributed by atoms with van der Waals surface area (Å²) in [4.78, 5) is 6.64. The number of hydrogen-bond donors (Lipinski definition) is 1. The minimum Gasteiger partial charge on any atom is -0.380 e. The van der Waals surface area contributed by atoms with Crippen LogP contribution in [0.2, 0.25) is 0 Å². The molecule has 2 heterocycles. The van der Waals surface area contributed by atoms with Crippen molar-refractivity contribution >= 4 is 11.5 Å². The van der Waals surface area contributed by atoms with Crippen LogP contribution >= 0.6 is 0 Å². The van der Waals surface area contributed by atoms with Crippen molar-refractivity contribution in [2.45, 2.75) is 6.61 Å². The number of nitrogens with one attached hydrogen (secondary N) is 1. The second-order valence-electron chi connectivity index (χ2n) is 3.94. The van der Waals surface area contributed by atoms with Crippen LogP contribution in [0, 0.1) is 0 Å². The van der Waals surface area contributed by atoms with Gasteiger partial charge in [0.1, 0.15) is 5.82 Å². The lowest BCUT2D eigenvalue weighted by Crippen LogP contribution is -2.37. The summed E-state index contributed by atoms with van der Waals surface area (Å²) in [6.07, 6.45) is 1.83. The summed E-state index contributed by atoms with van der Waals surface area (Å²) in [7, 11) is 3.58. The van der Waals surface area contributed by atoms with Crippen molar-refractivity contribution in [3.63, 3.8) is 0 Å². The van der Waals surface area contributed by atoms with Crippen LogP contribution in [0.4, 0.5) is 11.5 Å². The van der Waals surface area contributed by atoms with E-state index < -0.39 is 0 Å². The van der Waals surface area contributed by atoms with Gasteiger partial charge in [-0.05, 0) is 6.07 Å². The Hall–Kier alpha value is -1.33. The van der Waals surface area contributed by atoms with Crippen LogP contribution in [0.1, 0.15) is 5.56 Å². The average molecular weight is 237 g/mol. The molecule has 1 fully saturated rings. The Bertz CT molecular complexity index is 365. The smallest absolute Gasteiger partial charge is 0.133 e. The van der Waals surface area contributed by atoms with Crippen molar-refractivity contribution in [2.75, 3.05) is 50.7 Å². The molecule has 0 atom stereocenters. The van der Waals surface area contributed by atoms with Gasteiger partial charge in [0, 0.05) is 44.7 Å². The third-order valence-corrected chi connectivity index (χ3v) is 2.91. The molecule has 1 saturated heterocycles. The van der Waals surface area contributed by atoms with E-state index in [9.17, 15) is 0 Å². The van der Waals surface area contributed by atoms with Crippen LogP contribution in [-0.2, 0) is 16.1 Å². The van der Waals surface area contributed by atoms with Crippen molar-refractivity contribution in [2.24, 2.45) is 0 Å². The van der Waals surface area contributed by atoms with Crippen molar-refractivity contribution in [1.82, 2.24) is 4.98 Å². The molecule has 1 aliphatic heterocycles. The predicted octanol–water partition coefficient (Wildman–Crippen LogP) is 1.11. The number of nitrogens with zero attached hydrogens (tertiary/aromatic N) is 2. The standard InChI is InChI=1S/C12H19N3O2/c1-13-12-10(9-16-2)11(3-4-14-12)15-5-7-17-8-6-15/h3-4H,5-9H2,1-2H3,(H,13,14). The molecule has 94 valence electrons. The molecule has 5 nitrogen and oxygen atoms in total. The fourth-order valence-corrected chi connectivity index (χ4v) is 2.08. The number of anilines is 2. The topological polar surface area (TPSA) is 46.6 Å². The summed E-state index contributed by atoms with van der Waals surface area (Å²) in [5, 5.41) is 3.11. The largest absolute Gasteiger partial charge is 0.380 e. The Labute approximate surface area is 102 Å². The molecule has 0 aromatic carbocycles. The molecule has 17 heavy (non-hydrogen) atoms. The molecule has 1 aliphatic rings. The predicted molar refractivity (Wildman–Crippen MR) is 67.5 cm³/mol. The van der Waals surface area contributed by atoms with E-state index in [0.29, 0.717) is 6.61 Å². The lowest BCUT2D eigenvalue weighted by atomic mass is 10.2. The van der Waals surface area contributed by atoms with Crippen molar-refractivity contribution < 1.29 is 9.47 Å². The summed E-state index contributed by atoms with van der Waals surface area (Å²) in [6.45, 7) is 3.97. The zero-order valence-corrected chi connectivity index (χ0v) is 10.4. The third kappa shape index (κ3) is 2.68. The maximum Gasteiger partial charge on any atom is 0.133 e. The Morgan fingerprint density at radius 2 is 2.24 bits per heavy atom. The minimum atomic E-state index is 0.566. The van der Waals surface area contributed by atoms with Gasteiger partial charge in [-0.25, -0.2) is 4.98 Å². The highest BCUT2D eigenvalue weighted by Gasteiger charge is 2.17. The Morgan fingerprint density at radius 3 is 2.88 bits per heavy atom. The molecule has 2 rings (SSSR count). The van der Waals surface area contributed by atoms with E-state index in [4.69, 9.17) is 9.47 Å². The summed E-state index contributed by atoms with van der Waals surface area (Å²) >= 11 is 0. The van der Waals surface area contributed by atoms with Gasteiger partial charge in [-0.1, -0.05) is 0 Å². The van der Waals surface area contributed by atoms with E-state index >= 15 is 0 Å². The molecule has 1 N–H and O–H groups in total. The quantitative estimate of drug-likeness (QED) is 0.850. The highest BCUT2D eigenvalue weighted by Crippen LogP contribution is 2.26. The number of morpholine rings is 1. The molecule has 5 heteroatoms. The lowest BCUT2D eigenvalue weighted by Gasteiger charge is -2.31. The monoisotopic (exact) mass is 237 g/mol. The van der Waals surface area contributed by atoms with E-state index in [2.05, 4.69) is 15.2 Å². The molecule has 0 bridgehead atoms. The van der Waals surface area contributed by atoms with Crippen molar-refractivity contribution in [1.29, 1.82) is 0 Å². The molecular formula is C12H19N3O2. The molecule has 1 aromatic heterocycles. The first-order valence-corrected chi connectivity index (χ1v) is 5.84. The number of hydrogen-bond acceptors (Lipinski definition) is 5. The van der Waals surface area contributed by atoms with Crippen molar-refractivity contribution in [3.05, 3.63) is 17.8 Å². The molecule has 0 spiro atoms. The van der Waals surface area contributed by atoms with Crippen LogP contribution in [0.15, 0.2) is 12.3 Å². The van der Waals surface area contributed by atoms with Crippen molar-refractivity contribution in [3.8, 4) is 0 Å². The summed E-state index contributed by atoms with van der Waals surface area (Å²) < 4.78 is 10.6. The maximum absolute atomic E-state index is 5.37. The van der Waals surface area contributed by atoms with Crippen LogP contribution in [0.25, 0.3) is 0 Å². The van der Waals surface area contributed by atoms with Gasteiger partial charge in [-0.3, -0.25) is 0 Å². The summed E-state index contributed by atoms with van der Waals surface area (Å²) in [5.74, 6) is 0.885. The molecule has 0 amide bonds. The molecule has 1 aromatic rings. The Morgan fingerprint density at radius 1 is 1.47 bits per heavy atom. The average Bonchev–Trinajstić information content (AvgIpc) is 2.40. The molecule has 0 radical (unpaired) electrons. The van der Waals surface area contributed by atoms with E-state index in [1.165, 1.54) is 5.69 Å². The number of rotatable bonds is 4. The molecular weight excluding hydrogens is 218 g/mol. The van der Waals surface area contributed by atoms with Gasteiger partial charge in [0.2, 0.25) is 0 Å². The third-order valence-electron chi connectivity index (χ3n) is 2.91. The normalized spacial score (nSPS) is 16.0. The maximum atomic E-state index is 5.37. The number of aromatic nitrogens is 1. The van der Waals surface area contributed by atoms with Gasteiger partial charge in [-0.15, -0.1) is 0 Å². The number of methoxy groups -OCH3 is 1. The molecule has 0 aliphatic carbocycles. The summed E-state index contributed by atoms with van der Waals surface area (Å²) in [6, 6.07) is 2.04. The second-order valence-corrected chi connectivity index (χ2v) is 3.94. The van der Waals surface area contributed by atoms with Crippen LogP contribution in [0.3, 0.4) is 0 Å². The molecule has 0 unspecified atom stereocenters. The van der Waals surface area contributed by atoms with Gasteiger partial charge in [-0.2, -0.15) is 0 Å². The van der Waals surface area contributed by atoms with Gasteiger partial charge in [0.15, 0.2) is 0 Å². The molecule has 0 saturated carbocycles. The Balaban J connectivity index is 2.30. The first-order chi connectivity index (χ1) is 8.36. The number of pyridine rings is 1. The van der Waals surface area contributed by atoms with E-state index in [1.54, 1.807) is 7.11 Å². The fraction of sp³-hybridized carbons (Fsp3) is 0.583. The van der Waals surface area contributed by atoms with Gasteiger partial charge >= 0.3 is 0 Å². The van der Waals surface area contributed by atoms with Gasteiger partial charge in [0.05, 0.1) is 19.8 Å². The Kier molecular flexibility index (Phi) is 4.17. The highest BCUT2D eigenvalue weighted by molar-refractivity contribution is 5.62.